The fourth-order valence-electron chi connectivity index (χ4n) is 3.30. The first-order chi connectivity index (χ1) is 15.3. The second-order valence-electron chi connectivity index (χ2n) is 7.21. The first kappa shape index (κ1) is 23.6. The lowest BCUT2D eigenvalue weighted by molar-refractivity contribution is -0.119. The molecule has 1 aliphatic heterocycles. The number of amides is 1. The molecule has 10 heteroatoms. The number of benzene rings is 2. The van der Waals surface area contributed by atoms with Crippen LogP contribution in [0.4, 0.5) is 5.69 Å². The molecule has 0 saturated carbocycles. The highest BCUT2D eigenvalue weighted by Crippen LogP contribution is 2.24. The summed E-state index contributed by atoms with van der Waals surface area (Å²) in [7, 11) is -0.623. The molecule has 3 rings (SSSR count). The van der Waals surface area contributed by atoms with E-state index in [1.807, 2.05) is 0 Å². The molecule has 1 fully saturated rings. The molecule has 32 heavy (non-hydrogen) atoms. The largest absolute Gasteiger partial charge is 0.497 e. The standard InChI is InChI=1S/C22H26N2O7S/c1-29-18-12-16(13-19(14-18)30-2)22(26)31-15-21(25)23-17-6-8-20(9-7-17)32(27,28)24-10-4-3-5-11-24/h6-9,12-14H,3-5,10-11,15H2,1-2H3,(H,23,25). The van der Waals surface area contributed by atoms with Gasteiger partial charge >= 0.3 is 5.97 Å². The van der Waals surface area contributed by atoms with Crippen LogP contribution in [-0.2, 0) is 19.6 Å². The molecule has 1 heterocycles. The molecule has 2 aromatic rings. The van der Waals surface area contributed by atoms with Crippen LogP contribution in [0.3, 0.4) is 0 Å². The lowest BCUT2D eigenvalue weighted by Gasteiger charge is -2.25. The smallest absolute Gasteiger partial charge is 0.338 e. The van der Waals surface area contributed by atoms with Gasteiger partial charge in [0.2, 0.25) is 10.0 Å². The van der Waals surface area contributed by atoms with Crippen molar-refractivity contribution in [2.24, 2.45) is 0 Å². The normalized spacial score (nSPS) is 14.4. The summed E-state index contributed by atoms with van der Waals surface area (Å²) in [6.07, 6.45) is 2.75. The highest BCUT2D eigenvalue weighted by atomic mass is 32.2. The Balaban J connectivity index is 1.57. The van der Waals surface area contributed by atoms with Crippen LogP contribution in [0.5, 0.6) is 11.5 Å². The van der Waals surface area contributed by atoms with E-state index in [9.17, 15) is 18.0 Å². The monoisotopic (exact) mass is 462 g/mol. The fraction of sp³-hybridized carbons (Fsp3) is 0.364. The number of nitrogens with zero attached hydrogens (tertiary/aromatic N) is 1. The highest BCUT2D eigenvalue weighted by Gasteiger charge is 2.25. The molecule has 1 N–H and O–H groups in total. The number of ether oxygens (including phenoxy) is 3. The predicted molar refractivity (Wildman–Crippen MR) is 118 cm³/mol. The Bertz CT molecular complexity index is 1040. The average Bonchev–Trinajstić information content (AvgIpc) is 2.83. The van der Waals surface area contributed by atoms with Crippen molar-refractivity contribution in [2.45, 2.75) is 24.2 Å². The van der Waals surface area contributed by atoms with E-state index in [1.165, 1.54) is 54.9 Å². The van der Waals surface area contributed by atoms with Crippen LogP contribution in [0.25, 0.3) is 0 Å². The van der Waals surface area contributed by atoms with Crippen LogP contribution >= 0.6 is 0 Å². The van der Waals surface area contributed by atoms with Gasteiger partial charge < -0.3 is 19.5 Å². The first-order valence-corrected chi connectivity index (χ1v) is 11.6. The maximum atomic E-state index is 12.7. The maximum Gasteiger partial charge on any atom is 0.338 e. The first-order valence-electron chi connectivity index (χ1n) is 10.1. The number of nitrogens with one attached hydrogen (secondary N) is 1. The molecule has 1 saturated heterocycles. The number of rotatable bonds is 8. The number of sulfonamides is 1. The Morgan fingerprint density at radius 2 is 1.53 bits per heavy atom. The SMILES string of the molecule is COc1cc(OC)cc(C(=O)OCC(=O)Nc2ccc(S(=O)(=O)N3CCCCC3)cc2)c1. The van der Waals surface area contributed by atoms with E-state index in [-0.39, 0.29) is 10.5 Å². The molecule has 0 spiro atoms. The maximum absolute atomic E-state index is 12.7. The number of hydrogen-bond acceptors (Lipinski definition) is 7. The summed E-state index contributed by atoms with van der Waals surface area (Å²) in [5.74, 6) is -0.430. The highest BCUT2D eigenvalue weighted by molar-refractivity contribution is 7.89. The summed E-state index contributed by atoms with van der Waals surface area (Å²) in [6, 6.07) is 10.5. The van der Waals surface area contributed by atoms with E-state index >= 15 is 0 Å². The minimum Gasteiger partial charge on any atom is -0.497 e. The number of hydrogen-bond donors (Lipinski definition) is 1. The lowest BCUT2D eigenvalue weighted by atomic mass is 10.2. The van der Waals surface area contributed by atoms with Crippen LogP contribution in [0.1, 0.15) is 29.6 Å². The van der Waals surface area contributed by atoms with Crippen molar-refractivity contribution in [1.29, 1.82) is 0 Å². The van der Waals surface area contributed by atoms with Crippen molar-refractivity contribution >= 4 is 27.6 Å². The summed E-state index contributed by atoms with van der Waals surface area (Å²) in [4.78, 5) is 24.6. The fourth-order valence-corrected chi connectivity index (χ4v) is 4.82. The third kappa shape index (κ3) is 5.77. The molecular weight excluding hydrogens is 436 g/mol. The Hall–Kier alpha value is -3.11. The summed E-state index contributed by atoms with van der Waals surface area (Å²) >= 11 is 0. The van der Waals surface area contributed by atoms with Gasteiger partial charge in [-0.25, -0.2) is 13.2 Å². The number of methoxy groups -OCH3 is 2. The Morgan fingerprint density at radius 3 is 2.09 bits per heavy atom. The topological polar surface area (TPSA) is 111 Å². The number of piperidine rings is 1. The molecule has 1 aliphatic rings. The van der Waals surface area contributed by atoms with Gasteiger partial charge in [-0.15, -0.1) is 0 Å². The molecule has 9 nitrogen and oxygen atoms in total. The third-order valence-electron chi connectivity index (χ3n) is 5.01. The zero-order chi connectivity index (χ0) is 23.1. The van der Waals surface area contributed by atoms with Crippen LogP contribution in [0.2, 0.25) is 0 Å². The average molecular weight is 463 g/mol. The molecule has 0 atom stereocenters. The van der Waals surface area contributed by atoms with E-state index < -0.39 is 28.5 Å². The van der Waals surface area contributed by atoms with Gasteiger partial charge in [0.1, 0.15) is 11.5 Å². The molecular formula is C22H26N2O7S. The van der Waals surface area contributed by atoms with Gasteiger partial charge in [0, 0.05) is 24.8 Å². The molecule has 0 unspecified atom stereocenters. The van der Waals surface area contributed by atoms with Gasteiger partial charge in [-0.05, 0) is 49.2 Å². The summed E-state index contributed by atoms with van der Waals surface area (Å²) in [6.45, 7) is 0.531. The van der Waals surface area contributed by atoms with E-state index in [2.05, 4.69) is 5.32 Å². The second kappa shape index (κ2) is 10.5. The molecule has 2 aromatic carbocycles. The van der Waals surface area contributed by atoms with Crippen LogP contribution in [0, 0.1) is 0 Å². The van der Waals surface area contributed by atoms with Crippen molar-refractivity contribution in [3.05, 3.63) is 48.0 Å². The zero-order valence-corrected chi connectivity index (χ0v) is 18.8. The van der Waals surface area contributed by atoms with Gasteiger partial charge in [0.25, 0.3) is 5.91 Å². The van der Waals surface area contributed by atoms with E-state index in [1.54, 1.807) is 6.07 Å². The molecule has 0 bridgehead atoms. The van der Waals surface area contributed by atoms with Gasteiger partial charge in [0.15, 0.2) is 6.61 Å². The molecule has 172 valence electrons. The van der Waals surface area contributed by atoms with Crippen molar-refractivity contribution in [2.75, 3.05) is 39.2 Å². The van der Waals surface area contributed by atoms with Crippen LogP contribution in [0.15, 0.2) is 47.4 Å². The van der Waals surface area contributed by atoms with Crippen LogP contribution in [-0.4, -0.2) is 58.5 Å². The van der Waals surface area contributed by atoms with Gasteiger partial charge in [-0.3, -0.25) is 4.79 Å². The summed E-state index contributed by atoms with van der Waals surface area (Å²) < 4.78 is 42.1. The Labute approximate surface area is 187 Å². The van der Waals surface area contributed by atoms with Crippen molar-refractivity contribution in [3.8, 4) is 11.5 Å². The quantitative estimate of drug-likeness (QED) is 0.601. The van der Waals surface area contributed by atoms with E-state index in [4.69, 9.17) is 14.2 Å². The second-order valence-corrected chi connectivity index (χ2v) is 9.15. The molecule has 1 amide bonds. The van der Waals surface area contributed by atoms with Crippen LogP contribution < -0.4 is 14.8 Å². The van der Waals surface area contributed by atoms with Gasteiger partial charge in [0.05, 0.1) is 24.7 Å². The minimum absolute atomic E-state index is 0.177. The summed E-state index contributed by atoms with van der Waals surface area (Å²) in [5, 5.41) is 2.58. The Kier molecular flexibility index (Phi) is 7.70. The number of carbonyl (C=O) groups is 2. The predicted octanol–water partition coefficient (Wildman–Crippen LogP) is 2.67. The van der Waals surface area contributed by atoms with Crippen molar-refractivity contribution in [1.82, 2.24) is 4.31 Å². The number of carbonyl (C=O) groups excluding carboxylic acids is 2. The van der Waals surface area contributed by atoms with E-state index in [0.717, 1.165) is 19.3 Å². The van der Waals surface area contributed by atoms with E-state index in [0.29, 0.717) is 30.3 Å². The zero-order valence-electron chi connectivity index (χ0n) is 18.0. The van der Waals surface area contributed by atoms with Gasteiger partial charge in [-0.1, -0.05) is 6.42 Å². The van der Waals surface area contributed by atoms with Crippen molar-refractivity contribution in [3.63, 3.8) is 0 Å². The number of esters is 1. The molecule has 0 aromatic heterocycles. The lowest BCUT2D eigenvalue weighted by Crippen LogP contribution is -2.35. The molecule has 0 aliphatic carbocycles. The van der Waals surface area contributed by atoms with Crippen molar-refractivity contribution < 1.29 is 32.2 Å². The molecule has 0 radical (unpaired) electrons. The van der Waals surface area contributed by atoms with Gasteiger partial charge in [-0.2, -0.15) is 4.31 Å². The number of anilines is 1. The summed E-state index contributed by atoms with van der Waals surface area (Å²) in [5.41, 5.74) is 0.577. The Morgan fingerprint density at radius 1 is 0.938 bits per heavy atom. The minimum atomic E-state index is -3.54. The third-order valence-corrected chi connectivity index (χ3v) is 6.93.